The first-order chi connectivity index (χ1) is 10.0. The Morgan fingerprint density at radius 1 is 1.14 bits per heavy atom. The van der Waals surface area contributed by atoms with E-state index in [4.69, 9.17) is 9.47 Å². The second-order valence-electron chi connectivity index (χ2n) is 4.97. The molecule has 0 fully saturated rings. The van der Waals surface area contributed by atoms with Gasteiger partial charge in [0.15, 0.2) is 0 Å². The van der Waals surface area contributed by atoms with Crippen LogP contribution in [0.1, 0.15) is 29.7 Å². The Morgan fingerprint density at radius 2 is 1.90 bits per heavy atom. The summed E-state index contributed by atoms with van der Waals surface area (Å²) >= 11 is 3.46. The van der Waals surface area contributed by atoms with E-state index in [-0.39, 0.29) is 0 Å². The lowest BCUT2D eigenvalue weighted by Crippen LogP contribution is -2.01. The van der Waals surface area contributed by atoms with Gasteiger partial charge in [0.25, 0.3) is 0 Å². The topological polar surface area (TPSA) is 38.7 Å². The number of aliphatic hydroxyl groups is 1. The third kappa shape index (κ3) is 3.99. The molecule has 4 heteroatoms. The fraction of sp³-hybridized carbons (Fsp3) is 0.294. The standard InChI is InChI=1S/C17H19BrO3/c1-11-4-6-14(12(2)19)17(8-11)21-10-13-5-7-16(20-3)15(18)9-13/h4-9,12,19H,10H2,1-3H3. The zero-order valence-corrected chi connectivity index (χ0v) is 14.0. The van der Waals surface area contributed by atoms with Crippen molar-refractivity contribution in [1.29, 1.82) is 0 Å². The van der Waals surface area contributed by atoms with E-state index in [2.05, 4.69) is 15.9 Å². The molecular weight excluding hydrogens is 332 g/mol. The van der Waals surface area contributed by atoms with Crippen LogP contribution in [0.2, 0.25) is 0 Å². The minimum Gasteiger partial charge on any atom is -0.496 e. The summed E-state index contributed by atoms with van der Waals surface area (Å²) in [6.07, 6.45) is -0.553. The number of aryl methyl sites for hydroxylation is 1. The molecule has 1 unspecified atom stereocenters. The Bertz CT molecular complexity index is 623. The number of hydrogen-bond donors (Lipinski definition) is 1. The van der Waals surface area contributed by atoms with E-state index >= 15 is 0 Å². The molecule has 0 bridgehead atoms. The predicted octanol–water partition coefficient (Wildman–Crippen LogP) is 4.40. The highest BCUT2D eigenvalue weighted by Crippen LogP contribution is 2.29. The lowest BCUT2D eigenvalue weighted by atomic mass is 10.1. The van der Waals surface area contributed by atoms with Crippen LogP contribution >= 0.6 is 15.9 Å². The van der Waals surface area contributed by atoms with Gasteiger partial charge in [-0.1, -0.05) is 18.2 Å². The molecule has 0 heterocycles. The third-order valence-electron chi connectivity index (χ3n) is 3.23. The van der Waals surface area contributed by atoms with Crippen LogP contribution in [0.15, 0.2) is 40.9 Å². The number of aliphatic hydroxyl groups excluding tert-OH is 1. The zero-order chi connectivity index (χ0) is 15.4. The van der Waals surface area contributed by atoms with E-state index in [0.717, 1.165) is 32.7 Å². The Hall–Kier alpha value is -1.52. The van der Waals surface area contributed by atoms with Gasteiger partial charge in [0, 0.05) is 5.56 Å². The van der Waals surface area contributed by atoms with Crippen LogP contribution in [0, 0.1) is 6.92 Å². The normalized spacial score (nSPS) is 12.0. The van der Waals surface area contributed by atoms with Gasteiger partial charge in [-0.05, 0) is 59.1 Å². The highest BCUT2D eigenvalue weighted by molar-refractivity contribution is 9.10. The van der Waals surface area contributed by atoms with E-state index in [1.165, 1.54) is 0 Å². The fourth-order valence-electron chi connectivity index (χ4n) is 2.07. The monoisotopic (exact) mass is 350 g/mol. The highest BCUT2D eigenvalue weighted by atomic mass is 79.9. The second-order valence-corrected chi connectivity index (χ2v) is 5.83. The number of hydrogen-bond acceptors (Lipinski definition) is 3. The van der Waals surface area contributed by atoms with Gasteiger partial charge >= 0.3 is 0 Å². The first kappa shape index (κ1) is 15.9. The maximum atomic E-state index is 9.80. The molecule has 0 radical (unpaired) electrons. The van der Waals surface area contributed by atoms with Gasteiger partial charge in [0.05, 0.1) is 17.7 Å². The van der Waals surface area contributed by atoms with Crippen LogP contribution in [0.25, 0.3) is 0 Å². The maximum Gasteiger partial charge on any atom is 0.133 e. The van der Waals surface area contributed by atoms with Gasteiger partial charge in [0.2, 0.25) is 0 Å². The SMILES string of the molecule is COc1ccc(COc2cc(C)ccc2C(C)O)cc1Br. The van der Waals surface area contributed by atoms with Crippen molar-refractivity contribution < 1.29 is 14.6 Å². The van der Waals surface area contributed by atoms with Gasteiger partial charge in [-0.2, -0.15) is 0 Å². The van der Waals surface area contributed by atoms with Crippen molar-refractivity contribution in [2.45, 2.75) is 26.6 Å². The molecule has 0 saturated carbocycles. The lowest BCUT2D eigenvalue weighted by Gasteiger charge is -2.15. The predicted molar refractivity (Wildman–Crippen MR) is 86.8 cm³/mol. The van der Waals surface area contributed by atoms with Crippen molar-refractivity contribution >= 4 is 15.9 Å². The van der Waals surface area contributed by atoms with Crippen molar-refractivity contribution in [3.8, 4) is 11.5 Å². The first-order valence-corrected chi connectivity index (χ1v) is 7.54. The Morgan fingerprint density at radius 3 is 2.52 bits per heavy atom. The van der Waals surface area contributed by atoms with E-state index < -0.39 is 6.10 Å². The molecule has 0 saturated heterocycles. The summed E-state index contributed by atoms with van der Waals surface area (Å²) in [6, 6.07) is 11.6. The average molecular weight is 351 g/mol. The van der Waals surface area contributed by atoms with Gasteiger partial charge in [-0.3, -0.25) is 0 Å². The number of rotatable bonds is 5. The summed E-state index contributed by atoms with van der Waals surface area (Å²) < 4.78 is 12.0. The van der Waals surface area contributed by atoms with Crippen LogP contribution in [-0.4, -0.2) is 12.2 Å². The molecule has 2 aromatic carbocycles. The molecule has 0 aromatic heterocycles. The molecule has 112 valence electrons. The third-order valence-corrected chi connectivity index (χ3v) is 3.85. The number of ether oxygens (including phenoxy) is 2. The zero-order valence-electron chi connectivity index (χ0n) is 12.4. The van der Waals surface area contributed by atoms with Gasteiger partial charge in [-0.15, -0.1) is 0 Å². The minimum absolute atomic E-state index is 0.436. The van der Waals surface area contributed by atoms with Crippen LogP contribution in [0.3, 0.4) is 0 Å². The second kappa shape index (κ2) is 6.96. The Kier molecular flexibility index (Phi) is 5.26. The summed E-state index contributed by atoms with van der Waals surface area (Å²) in [5.41, 5.74) is 2.93. The van der Waals surface area contributed by atoms with Crippen molar-refractivity contribution in [2.75, 3.05) is 7.11 Å². The average Bonchev–Trinajstić information content (AvgIpc) is 2.45. The van der Waals surface area contributed by atoms with Crippen molar-refractivity contribution in [1.82, 2.24) is 0 Å². The van der Waals surface area contributed by atoms with Gasteiger partial charge in [0.1, 0.15) is 18.1 Å². The fourth-order valence-corrected chi connectivity index (χ4v) is 2.66. The number of halogens is 1. The molecule has 0 amide bonds. The largest absolute Gasteiger partial charge is 0.496 e. The van der Waals surface area contributed by atoms with Gasteiger partial charge < -0.3 is 14.6 Å². The molecule has 0 aliphatic rings. The molecule has 1 N–H and O–H groups in total. The quantitative estimate of drug-likeness (QED) is 0.868. The minimum atomic E-state index is -0.553. The Labute approximate surface area is 133 Å². The van der Waals surface area contributed by atoms with E-state index in [1.54, 1.807) is 14.0 Å². The summed E-state index contributed by atoms with van der Waals surface area (Å²) in [4.78, 5) is 0. The molecule has 0 aliphatic carbocycles. The Balaban J connectivity index is 2.16. The summed E-state index contributed by atoms with van der Waals surface area (Å²) in [7, 11) is 1.64. The van der Waals surface area contributed by atoms with Crippen LogP contribution < -0.4 is 9.47 Å². The smallest absolute Gasteiger partial charge is 0.133 e. The molecule has 0 spiro atoms. The summed E-state index contributed by atoms with van der Waals surface area (Å²) in [5.74, 6) is 1.51. The molecule has 21 heavy (non-hydrogen) atoms. The van der Waals surface area contributed by atoms with E-state index in [1.807, 2.05) is 43.3 Å². The maximum absolute atomic E-state index is 9.80. The van der Waals surface area contributed by atoms with E-state index in [9.17, 15) is 5.11 Å². The van der Waals surface area contributed by atoms with E-state index in [0.29, 0.717) is 6.61 Å². The van der Waals surface area contributed by atoms with Gasteiger partial charge in [-0.25, -0.2) is 0 Å². The lowest BCUT2D eigenvalue weighted by molar-refractivity contribution is 0.190. The summed E-state index contributed by atoms with van der Waals surface area (Å²) in [5, 5.41) is 9.80. The molecule has 1 atom stereocenters. The van der Waals surface area contributed by atoms with Crippen LogP contribution in [0.5, 0.6) is 11.5 Å². The molecule has 2 rings (SSSR count). The van der Waals surface area contributed by atoms with Crippen LogP contribution in [0.4, 0.5) is 0 Å². The molecular formula is C17H19BrO3. The van der Waals surface area contributed by atoms with Crippen LogP contribution in [-0.2, 0) is 6.61 Å². The molecule has 2 aromatic rings. The number of methoxy groups -OCH3 is 1. The van der Waals surface area contributed by atoms with Crippen molar-refractivity contribution in [2.24, 2.45) is 0 Å². The molecule has 0 aliphatic heterocycles. The highest BCUT2D eigenvalue weighted by Gasteiger charge is 2.10. The number of benzene rings is 2. The van der Waals surface area contributed by atoms with Crippen molar-refractivity contribution in [3.63, 3.8) is 0 Å². The molecule has 3 nitrogen and oxygen atoms in total. The first-order valence-electron chi connectivity index (χ1n) is 6.75. The van der Waals surface area contributed by atoms with Crippen molar-refractivity contribution in [3.05, 3.63) is 57.6 Å². The summed E-state index contributed by atoms with van der Waals surface area (Å²) in [6.45, 7) is 4.18.